The number of aromatic nitrogens is 2. The molecule has 0 bridgehead atoms. The van der Waals surface area contributed by atoms with Gasteiger partial charge in [-0.05, 0) is 55.0 Å². The molecule has 0 unspecified atom stereocenters. The lowest BCUT2D eigenvalue weighted by Crippen LogP contribution is -2.30. The van der Waals surface area contributed by atoms with E-state index in [0.717, 1.165) is 18.4 Å². The molecule has 0 aliphatic rings. The minimum absolute atomic E-state index is 0.185. The number of carbonyl (C=O) groups is 1. The number of rotatable bonds is 6. The molecule has 1 amide bonds. The number of aryl methyl sites for hydroxylation is 3. The molecule has 5 nitrogen and oxygen atoms in total. The molecule has 5 heteroatoms. The highest BCUT2D eigenvalue weighted by Crippen LogP contribution is 2.11. The number of carbonyl (C=O) groups excluding carboxylic acids is 1. The van der Waals surface area contributed by atoms with Crippen LogP contribution in [0.15, 0.2) is 35.4 Å². The van der Waals surface area contributed by atoms with Crippen LogP contribution in [-0.2, 0) is 13.0 Å². The van der Waals surface area contributed by atoms with Crippen molar-refractivity contribution in [2.75, 3.05) is 5.32 Å². The van der Waals surface area contributed by atoms with Gasteiger partial charge in [0, 0.05) is 18.9 Å². The normalized spacial score (nSPS) is 10.9. The maximum absolute atomic E-state index is 12.6. The highest BCUT2D eigenvalue weighted by molar-refractivity contribution is 6.04. The van der Waals surface area contributed by atoms with Crippen LogP contribution in [0.1, 0.15) is 48.7 Å². The van der Waals surface area contributed by atoms with E-state index >= 15 is 0 Å². The molecule has 2 aromatic heterocycles. The second kappa shape index (κ2) is 7.90. The molecule has 0 aliphatic carbocycles. The van der Waals surface area contributed by atoms with Crippen LogP contribution >= 0.6 is 0 Å². The first-order valence-corrected chi connectivity index (χ1v) is 8.38. The predicted octanol–water partition coefficient (Wildman–Crippen LogP) is 3.41. The summed E-state index contributed by atoms with van der Waals surface area (Å²) in [6.07, 6.45) is 5.17. The summed E-state index contributed by atoms with van der Waals surface area (Å²) in [5.74, 6) is 0.560. The lowest BCUT2D eigenvalue weighted by Gasteiger charge is -2.12. The third-order valence-corrected chi connectivity index (χ3v) is 4.02. The molecule has 2 heterocycles. The number of pyridine rings is 2. The van der Waals surface area contributed by atoms with Gasteiger partial charge in [0.2, 0.25) is 0 Å². The van der Waals surface area contributed by atoms with E-state index in [0.29, 0.717) is 23.8 Å². The molecule has 0 radical (unpaired) electrons. The molecular weight excluding hydrogens is 302 g/mol. The summed E-state index contributed by atoms with van der Waals surface area (Å²) in [5.41, 5.74) is 1.69. The molecule has 0 fully saturated rings. The maximum Gasteiger partial charge on any atom is 0.263 e. The third-order valence-electron chi connectivity index (χ3n) is 4.02. The first kappa shape index (κ1) is 17.9. The summed E-state index contributed by atoms with van der Waals surface area (Å²) >= 11 is 0. The number of amides is 1. The van der Waals surface area contributed by atoms with Gasteiger partial charge in [0.05, 0.1) is 0 Å². The van der Waals surface area contributed by atoms with Crippen molar-refractivity contribution in [2.45, 2.75) is 47.1 Å². The number of hydrogen-bond donors (Lipinski definition) is 1. The van der Waals surface area contributed by atoms with E-state index < -0.39 is 5.91 Å². The van der Waals surface area contributed by atoms with Gasteiger partial charge in [0.25, 0.3) is 11.5 Å². The van der Waals surface area contributed by atoms with Gasteiger partial charge in [-0.2, -0.15) is 0 Å². The van der Waals surface area contributed by atoms with Crippen LogP contribution in [0.4, 0.5) is 5.82 Å². The first-order chi connectivity index (χ1) is 11.4. The Kier molecular flexibility index (Phi) is 5.90. The van der Waals surface area contributed by atoms with E-state index in [1.807, 2.05) is 25.1 Å². The smallest absolute Gasteiger partial charge is 0.263 e. The summed E-state index contributed by atoms with van der Waals surface area (Å²) in [4.78, 5) is 29.4. The van der Waals surface area contributed by atoms with E-state index in [9.17, 15) is 9.59 Å². The third kappa shape index (κ3) is 4.31. The van der Waals surface area contributed by atoms with Crippen molar-refractivity contribution in [3.05, 3.63) is 57.6 Å². The maximum atomic E-state index is 12.6. The van der Waals surface area contributed by atoms with Gasteiger partial charge in [0.15, 0.2) is 0 Å². The van der Waals surface area contributed by atoms with Crippen LogP contribution in [0.25, 0.3) is 0 Å². The molecule has 24 heavy (non-hydrogen) atoms. The highest BCUT2D eigenvalue weighted by Gasteiger charge is 2.16. The molecule has 2 rings (SSSR count). The fraction of sp³-hybridized carbons (Fsp3) is 0.421. The highest BCUT2D eigenvalue weighted by atomic mass is 16.2. The summed E-state index contributed by atoms with van der Waals surface area (Å²) < 4.78 is 1.61. The van der Waals surface area contributed by atoms with E-state index in [-0.39, 0.29) is 11.1 Å². The fourth-order valence-electron chi connectivity index (χ4n) is 2.46. The molecule has 0 spiro atoms. The van der Waals surface area contributed by atoms with Gasteiger partial charge in [0.1, 0.15) is 11.4 Å². The Morgan fingerprint density at radius 2 is 2.08 bits per heavy atom. The lowest BCUT2D eigenvalue weighted by molar-refractivity contribution is 0.102. The van der Waals surface area contributed by atoms with Crippen LogP contribution < -0.4 is 10.9 Å². The monoisotopic (exact) mass is 327 g/mol. The fourth-order valence-corrected chi connectivity index (χ4v) is 2.46. The molecule has 0 atom stereocenters. The Bertz CT molecular complexity index is 778. The molecule has 0 saturated carbocycles. The van der Waals surface area contributed by atoms with Crippen molar-refractivity contribution in [3.8, 4) is 0 Å². The summed E-state index contributed by atoms with van der Waals surface area (Å²) in [7, 11) is 0. The van der Waals surface area contributed by atoms with E-state index in [1.54, 1.807) is 23.9 Å². The zero-order valence-corrected chi connectivity index (χ0v) is 14.8. The molecule has 0 aliphatic heterocycles. The number of anilines is 1. The molecular formula is C19H25N3O2. The standard InChI is InChI=1S/C19H25N3O2/c1-5-15-6-9-20-16(12-15)21-18(23)17-14(4)8-11-22(19(17)24)10-7-13(2)3/h6,8-9,11-13H,5,7,10H2,1-4H3,(H,20,21,23). The number of nitrogens with zero attached hydrogens (tertiary/aromatic N) is 2. The van der Waals surface area contributed by atoms with Gasteiger partial charge >= 0.3 is 0 Å². The van der Waals surface area contributed by atoms with E-state index in [2.05, 4.69) is 24.1 Å². The molecule has 128 valence electrons. The molecule has 2 aromatic rings. The zero-order chi connectivity index (χ0) is 17.7. The first-order valence-electron chi connectivity index (χ1n) is 8.38. The molecule has 0 aromatic carbocycles. The number of hydrogen-bond acceptors (Lipinski definition) is 3. The lowest BCUT2D eigenvalue weighted by atomic mass is 10.1. The van der Waals surface area contributed by atoms with Crippen LogP contribution in [0.3, 0.4) is 0 Å². The molecule has 0 saturated heterocycles. The van der Waals surface area contributed by atoms with Crippen molar-refractivity contribution >= 4 is 11.7 Å². The van der Waals surface area contributed by atoms with Crippen LogP contribution in [0.5, 0.6) is 0 Å². The Balaban J connectivity index is 2.27. The van der Waals surface area contributed by atoms with E-state index in [1.165, 1.54) is 0 Å². The Morgan fingerprint density at radius 3 is 2.75 bits per heavy atom. The minimum Gasteiger partial charge on any atom is -0.315 e. The molecule has 1 N–H and O–H groups in total. The van der Waals surface area contributed by atoms with Crippen molar-refractivity contribution < 1.29 is 4.79 Å². The topological polar surface area (TPSA) is 64.0 Å². The van der Waals surface area contributed by atoms with Gasteiger partial charge in [-0.15, -0.1) is 0 Å². The van der Waals surface area contributed by atoms with Crippen molar-refractivity contribution in [2.24, 2.45) is 5.92 Å². The van der Waals surface area contributed by atoms with Gasteiger partial charge in [-0.3, -0.25) is 9.59 Å². The Morgan fingerprint density at radius 1 is 1.33 bits per heavy atom. The zero-order valence-electron chi connectivity index (χ0n) is 14.8. The summed E-state index contributed by atoms with van der Waals surface area (Å²) in [6.45, 7) is 8.65. The van der Waals surface area contributed by atoms with Gasteiger partial charge in [-0.1, -0.05) is 20.8 Å². The Labute approximate surface area is 142 Å². The van der Waals surface area contributed by atoms with Crippen LogP contribution in [0.2, 0.25) is 0 Å². The average Bonchev–Trinajstić information content (AvgIpc) is 2.54. The average molecular weight is 327 g/mol. The number of nitrogens with one attached hydrogen (secondary N) is 1. The summed E-state index contributed by atoms with van der Waals surface area (Å²) in [6, 6.07) is 5.54. The van der Waals surface area contributed by atoms with Crippen molar-refractivity contribution in [1.29, 1.82) is 0 Å². The quantitative estimate of drug-likeness (QED) is 0.884. The van der Waals surface area contributed by atoms with Crippen LogP contribution in [0, 0.1) is 12.8 Å². The largest absolute Gasteiger partial charge is 0.315 e. The van der Waals surface area contributed by atoms with Gasteiger partial charge < -0.3 is 9.88 Å². The van der Waals surface area contributed by atoms with Crippen molar-refractivity contribution in [3.63, 3.8) is 0 Å². The predicted molar refractivity (Wildman–Crippen MR) is 96.5 cm³/mol. The second-order valence-corrected chi connectivity index (χ2v) is 6.41. The van der Waals surface area contributed by atoms with Crippen LogP contribution in [-0.4, -0.2) is 15.5 Å². The van der Waals surface area contributed by atoms with E-state index in [4.69, 9.17) is 0 Å². The SMILES string of the molecule is CCc1ccnc(NC(=O)c2c(C)ccn(CCC(C)C)c2=O)c1. The van der Waals surface area contributed by atoms with Crippen molar-refractivity contribution in [1.82, 2.24) is 9.55 Å². The van der Waals surface area contributed by atoms with Gasteiger partial charge in [-0.25, -0.2) is 4.98 Å². The second-order valence-electron chi connectivity index (χ2n) is 6.41. The summed E-state index contributed by atoms with van der Waals surface area (Å²) in [5, 5.41) is 2.74. The minimum atomic E-state index is -0.405. The Hall–Kier alpha value is -2.43.